The van der Waals surface area contributed by atoms with E-state index in [2.05, 4.69) is 5.32 Å². The van der Waals surface area contributed by atoms with Gasteiger partial charge in [0.25, 0.3) is 5.91 Å². The van der Waals surface area contributed by atoms with E-state index in [9.17, 15) is 9.59 Å². The summed E-state index contributed by atoms with van der Waals surface area (Å²) in [5.41, 5.74) is 2.97. The minimum atomic E-state index is -0.622. The Bertz CT molecular complexity index is 790. The lowest BCUT2D eigenvalue weighted by Gasteiger charge is -2.16. The molecule has 1 N–H and O–H groups in total. The molecule has 0 heterocycles. The van der Waals surface area contributed by atoms with Crippen molar-refractivity contribution in [3.05, 3.63) is 64.2 Å². The number of rotatable bonds is 5. The monoisotopic (exact) mass is 357 g/mol. The van der Waals surface area contributed by atoms with E-state index >= 15 is 0 Å². The highest BCUT2D eigenvalue weighted by Crippen LogP contribution is 2.49. The summed E-state index contributed by atoms with van der Waals surface area (Å²) >= 11 is 5.90. The molecule has 1 aliphatic carbocycles. The van der Waals surface area contributed by atoms with Gasteiger partial charge in [-0.05, 0) is 55.5 Å². The highest BCUT2D eigenvalue weighted by Gasteiger charge is 2.52. The second-order valence-electron chi connectivity index (χ2n) is 6.48. The molecule has 4 nitrogen and oxygen atoms in total. The van der Waals surface area contributed by atoms with Crippen molar-refractivity contribution in [1.29, 1.82) is 0 Å². The topological polar surface area (TPSA) is 55.4 Å². The highest BCUT2D eigenvalue weighted by atomic mass is 35.5. The van der Waals surface area contributed by atoms with Crippen LogP contribution >= 0.6 is 11.6 Å². The third-order valence-electron chi connectivity index (χ3n) is 4.62. The maximum Gasteiger partial charge on any atom is 0.317 e. The number of hydrogen-bond acceptors (Lipinski definition) is 3. The van der Waals surface area contributed by atoms with Crippen LogP contribution in [-0.4, -0.2) is 18.5 Å². The highest BCUT2D eigenvalue weighted by molar-refractivity contribution is 6.30. The molecule has 0 saturated heterocycles. The van der Waals surface area contributed by atoms with Crippen LogP contribution in [-0.2, 0) is 19.7 Å². The number of hydrogen-bond donors (Lipinski definition) is 1. The Morgan fingerprint density at radius 3 is 2.24 bits per heavy atom. The Balaban J connectivity index is 1.61. The number of halogens is 1. The van der Waals surface area contributed by atoms with Crippen LogP contribution < -0.4 is 5.32 Å². The van der Waals surface area contributed by atoms with Crippen LogP contribution in [0, 0.1) is 13.8 Å². The van der Waals surface area contributed by atoms with Crippen LogP contribution in [0.25, 0.3) is 0 Å². The quantitative estimate of drug-likeness (QED) is 0.817. The SMILES string of the molecule is Cc1cccc(C)c1NC(=O)COC(=O)C1(c2ccc(Cl)cc2)CC1. The fraction of sp³-hybridized carbons (Fsp3) is 0.300. The van der Waals surface area contributed by atoms with Crippen molar-refractivity contribution < 1.29 is 14.3 Å². The van der Waals surface area contributed by atoms with Gasteiger partial charge in [0.2, 0.25) is 0 Å². The number of carbonyl (C=O) groups is 2. The third-order valence-corrected chi connectivity index (χ3v) is 4.87. The number of anilines is 1. The first-order chi connectivity index (χ1) is 11.9. The molecule has 0 spiro atoms. The van der Waals surface area contributed by atoms with E-state index in [1.807, 2.05) is 44.2 Å². The van der Waals surface area contributed by atoms with Gasteiger partial charge in [-0.3, -0.25) is 9.59 Å². The fourth-order valence-electron chi connectivity index (χ4n) is 2.96. The zero-order chi connectivity index (χ0) is 18.0. The van der Waals surface area contributed by atoms with Gasteiger partial charge in [0.05, 0.1) is 5.41 Å². The summed E-state index contributed by atoms with van der Waals surface area (Å²) in [6.45, 7) is 3.56. The van der Waals surface area contributed by atoms with Crippen molar-refractivity contribution in [2.45, 2.75) is 32.1 Å². The van der Waals surface area contributed by atoms with Crippen molar-refractivity contribution in [3.8, 4) is 0 Å². The summed E-state index contributed by atoms with van der Waals surface area (Å²) in [7, 11) is 0. The minimum Gasteiger partial charge on any atom is -0.455 e. The minimum absolute atomic E-state index is 0.290. The third kappa shape index (κ3) is 3.69. The number of benzene rings is 2. The van der Waals surface area contributed by atoms with Crippen LogP contribution in [0.4, 0.5) is 5.69 Å². The van der Waals surface area contributed by atoms with Crippen molar-refractivity contribution in [2.75, 3.05) is 11.9 Å². The maximum atomic E-state index is 12.5. The van der Waals surface area contributed by atoms with E-state index in [1.165, 1.54) is 0 Å². The van der Waals surface area contributed by atoms with Crippen LogP contribution in [0.3, 0.4) is 0 Å². The lowest BCUT2D eigenvalue weighted by Crippen LogP contribution is -2.28. The van der Waals surface area contributed by atoms with Gasteiger partial charge in [-0.1, -0.05) is 41.9 Å². The van der Waals surface area contributed by atoms with Crippen LogP contribution in [0.2, 0.25) is 5.02 Å². The zero-order valence-corrected chi connectivity index (χ0v) is 15.0. The molecular weight excluding hydrogens is 338 g/mol. The summed E-state index contributed by atoms with van der Waals surface area (Å²) in [6.07, 6.45) is 1.46. The molecule has 130 valence electrons. The van der Waals surface area contributed by atoms with Crippen LogP contribution in [0.15, 0.2) is 42.5 Å². The van der Waals surface area contributed by atoms with Crippen molar-refractivity contribution in [3.63, 3.8) is 0 Å². The van der Waals surface area contributed by atoms with Crippen molar-refractivity contribution in [2.24, 2.45) is 0 Å². The molecular formula is C20H20ClNO3. The van der Waals surface area contributed by atoms with Gasteiger partial charge >= 0.3 is 5.97 Å². The van der Waals surface area contributed by atoms with Crippen molar-refractivity contribution in [1.82, 2.24) is 0 Å². The Hall–Kier alpha value is -2.33. The van der Waals surface area contributed by atoms with E-state index < -0.39 is 5.41 Å². The number of aryl methyl sites for hydroxylation is 2. The van der Waals surface area contributed by atoms with Gasteiger partial charge in [-0.25, -0.2) is 0 Å². The average molecular weight is 358 g/mol. The summed E-state index contributed by atoms with van der Waals surface area (Å²) in [5, 5.41) is 3.45. The Morgan fingerprint density at radius 1 is 1.08 bits per heavy atom. The first-order valence-electron chi connectivity index (χ1n) is 8.22. The van der Waals surface area contributed by atoms with E-state index in [0.717, 1.165) is 35.2 Å². The lowest BCUT2D eigenvalue weighted by atomic mass is 9.96. The number of ether oxygens (including phenoxy) is 1. The predicted octanol–water partition coefficient (Wildman–Crippen LogP) is 4.17. The molecule has 25 heavy (non-hydrogen) atoms. The first kappa shape index (κ1) is 17.5. The molecule has 0 atom stereocenters. The van der Waals surface area contributed by atoms with Gasteiger partial charge in [-0.2, -0.15) is 0 Å². The molecule has 2 aromatic rings. The van der Waals surface area contributed by atoms with Crippen molar-refractivity contribution >= 4 is 29.2 Å². The van der Waals surface area contributed by atoms with Gasteiger partial charge in [0, 0.05) is 10.7 Å². The normalized spacial score (nSPS) is 14.7. The van der Waals surface area contributed by atoms with Gasteiger partial charge in [-0.15, -0.1) is 0 Å². The van der Waals surface area contributed by atoms with E-state index in [-0.39, 0.29) is 18.5 Å². The Morgan fingerprint density at radius 2 is 1.68 bits per heavy atom. The summed E-state index contributed by atoms with van der Waals surface area (Å²) in [5.74, 6) is -0.691. The summed E-state index contributed by atoms with van der Waals surface area (Å²) in [4.78, 5) is 24.6. The molecule has 0 aliphatic heterocycles. The molecule has 1 saturated carbocycles. The van der Waals surface area contributed by atoms with Gasteiger partial charge in [0.1, 0.15) is 0 Å². The molecule has 2 aromatic carbocycles. The van der Waals surface area contributed by atoms with E-state index in [1.54, 1.807) is 12.1 Å². The van der Waals surface area contributed by atoms with Gasteiger partial charge in [0.15, 0.2) is 6.61 Å². The maximum absolute atomic E-state index is 12.5. The van der Waals surface area contributed by atoms with E-state index in [4.69, 9.17) is 16.3 Å². The molecule has 0 aromatic heterocycles. The second kappa shape index (κ2) is 6.89. The molecule has 5 heteroatoms. The number of nitrogens with one attached hydrogen (secondary N) is 1. The zero-order valence-electron chi connectivity index (χ0n) is 14.3. The molecule has 3 rings (SSSR count). The predicted molar refractivity (Wildman–Crippen MR) is 97.9 cm³/mol. The number of amides is 1. The Kier molecular flexibility index (Phi) is 4.82. The first-order valence-corrected chi connectivity index (χ1v) is 8.59. The molecule has 1 aliphatic rings. The van der Waals surface area contributed by atoms with Crippen LogP contribution in [0.5, 0.6) is 0 Å². The molecule has 1 fully saturated rings. The largest absolute Gasteiger partial charge is 0.455 e. The summed E-state index contributed by atoms with van der Waals surface area (Å²) < 4.78 is 5.28. The number of carbonyl (C=O) groups excluding carboxylic acids is 2. The summed E-state index contributed by atoms with van der Waals surface area (Å²) in [6, 6.07) is 13.0. The Labute approximate surface area is 152 Å². The fourth-order valence-corrected chi connectivity index (χ4v) is 3.09. The van der Waals surface area contributed by atoms with Crippen LogP contribution in [0.1, 0.15) is 29.5 Å². The number of esters is 1. The molecule has 0 unspecified atom stereocenters. The smallest absolute Gasteiger partial charge is 0.317 e. The molecule has 0 bridgehead atoms. The standard InChI is InChI=1S/C20H20ClNO3/c1-13-4-3-5-14(2)18(13)22-17(23)12-25-19(24)20(10-11-20)15-6-8-16(21)9-7-15/h3-9H,10-12H2,1-2H3,(H,22,23). The average Bonchev–Trinajstić information content (AvgIpc) is 3.39. The lowest BCUT2D eigenvalue weighted by molar-refractivity contribution is -0.150. The van der Waals surface area contributed by atoms with E-state index in [0.29, 0.717) is 5.02 Å². The second-order valence-corrected chi connectivity index (χ2v) is 6.92. The molecule has 1 amide bonds. The molecule has 0 radical (unpaired) electrons. The number of para-hydroxylation sites is 1. The van der Waals surface area contributed by atoms with Gasteiger partial charge < -0.3 is 10.1 Å².